The molecule has 0 N–H and O–H groups in total. The van der Waals surface area contributed by atoms with Crippen LogP contribution >= 0.6 is 22.9 Å². The predicted octanol–water partition coefficient (Wildman–Crippen LogP) is 6.57. The van der Waals surface area contributed by atoms with E-state index in [1.807, 2.05) is 89.3 Å². The van der Waals surface area contributed by atoms with Crippen LogP contribution in [0.3, 0.4) is 0 Å². The van der Waals surface area contributed by atoms with Gasteiger partial charge in [-0.3, -0.25) is 14.5 Å². The molecule has 5 rings (SSSR count). The van der Waals surface area contributed by atoms with Crippen molar-refractivity contribution in [1.82, 2.24) is 9.47 Å². The minimum atomic E-state index is -0.338. The van der Waals surface area contributed by atoms with E-state index < -0.39 is 0 Å². The second kappa shape index (κ2) is 10.1. The zero-order chi connectivity index (χ0) is 24.4. The molecule has 3 heterocycles. The number of anilines is 1. The fourth-order valence-electron chi connectivity index (χ4n) is 4.62. The number of rotatable bonds is 7. The molecule has 1 aliphatic heterocycles. The lowest BCUT2D eigenvalue weighted by Crippen LogP contribution is -2.47. The van der Waals surface area contributed by atoms with Gasteiger partial charge >= 0.3 is 0 Å². The number of aromatic nitrogens is 1. The maximum atomic E-state index is 14.1. The summed E-state index contributed by atoms with van der Waals surface area (Å²) in [6.07, 6.45) is 3.80. The summed E-state index contributed by atoms with van der Waals surface area (Å²) < 4.78 is 2.13. The fourth-order valence-corrected chi connectivity index (χ4v) is 5.44. The molecule has 0 saturated heterocycles. The van der Waals surface area contributed by atoms with Crippen LogP contribution in [0.5, 0.6) is 0 Å². The third-order valence-electron chi connectivity index (χ3n) is 6.30. The van der Waals surface area contributed by atoms with Crippen molar-refractivity contribution in [3.63, 3.8) is 0 Å². The molecule has 1 unspecified atom stereocenters. The SMILES string of the molecule is CCCCN(CC(=O)N1c2ccccc2-n2cccc2C1c1ccc(Cl)cc1)C(=O)c1cccs1. The topological polar surface area (TPSA) is 45.6 Å². The van der Waals surface area contributed by atoms with Gasteiger partial charge in [-0.05, 0) is 59.8 Å². The molecule has 35 heavy (non-hydrogen) atoms. The van der Waals surface area contributed by atoms with Crippen molar-refractivity contribution in [1.29, 1.82) is 0 Å². The van der Waals surface area contributed by atoms with Gasteiger partial charge in [-0.1, -0.05) is 55.3 Å². The average molecular weight is 504 g/mol. The van der Waals surface area contributed by atoms with Crippen molar-refractivity contribution < 1.29 is 9.59 Å². The van der Waals surface area contributed by atoms with Crippen LogP contribution in [0.25, 0.3) is 5.69 Å². The van der Waals surface area contributed by atoms with Crippen molar-refractivity contribution in [2.24, 2.45) is 0 Å². The molecule has 0 aliphatic carbocycles. The molecule has 178 valence electrons. The van der Waals surface area contributed by atoms with Crippen molar-refractivity contribution >= 4 is 40.4 Å². The predicted molar refractivity (Wildman–Crippen MR) is 142 cm³/mol. The van der Waals surface area contributed by atoms with Crippen molar-refractivity contribution in [3.8, 4) is 5.69 Å². The highest BCUT2D eigenvalue weighted by atomic mass is 35.5. The molecule has 0 radical (unpaired) electrons. The lowest BCUT2D eigenvalue weighted by molar-refractivity contribution is -0.119. The molecule has 2 amide bonds. The second-order valence-electron chi connectivity index (χ2n) is 8.57. The maximum Gasteiger partial charge on any atom is 0.264 e. The molecule has 2 aromatic heterocycles. The number of hydrogen-bond acceptors (Lipinski definition) is 3. The number of para-hydroxylation sites is 2. The second-order valence-corrected chi connectivity index (χ2v) is 9.95. The van der Waals surface area contributed by atoms with E-state index in [9.17, 15) is 9.59 Å². The normalized spacial score (nSPS) is 14.3. The van der Waals surface area contributed by atoms with Gasteiger partial charge in [-0.25, -0.2) is 0 Å². The summed E-state index contributed by atoms with van der Waals surface area (Å²) in [6.45, 7) is 2.63. The van der Waals surface area contributed by atoms with Crippen molar-refractivity contribution in [3.05, 3.63) is 106 Å². The number of benzene rings is 2. The highest BCUT2D eigenvalue weighted by Crippen LogP contribution is 2.42. The van der Waals surface area contributed by atoms with E-state index in [2.05, 4.69) is 11.5 Å². The van der Waals surface area contributed by atoms with Crippen LogP contribution in [0, 0.1) is 0 Å². The Morgan fingerprint density at radius 3 is 2.46 bits per heavy atom. The molecule has 7 heteroatoms. The molecule has 2 aromatic carbocycles. The standard InChI is InChI=1S/C28H26ClN3O2S/c1-2-3-16-30(28(34)25-11-7-18-35-25)19-26(33)32-23-9-5-4-8-22(23)31-17-6-10-24(31)27(32)20-12-14-21(29)15-13-20/h4-15,17-18,27H,2-3,16,19H2,1H3. The summed E-state index contributed by atoms with van der Waals surface area (Å²) in [4.78, 5) is 31.5. The lowest BCUT2D eigenvalue weighted by atomic mass is 9.97. The number of thiophene rings is 1. The monoisotopic (exact) mass is 503 g/mol. The first-order chi connectivity index (χ1) is 17.1. The number of fused-ring (bicyclic) bond motifs is 3. The zero-order valence-electron chi connectivity index (χ0n) is 19.4. The highest BCUT2D eigenvalue weighted by Gasteiger charge is 2.37. The van der Waals surface area contributed by atoms with E-state index in [1.165, 1.54) is 11.3 Å². The Kier molecular flexibility index (Phi) is 6.75. The molecule has 0 bridgehead atoms. The number of unbranched alkanes of at least 4 members (excludes halogenated alkanes) is 1. The first kappa shape index (κ1) is 23.4. The first-order valence-corrected chi connectivity index (χ1v) is 13.0. The summed E-state index contributed by atoms with van der Waals surface area (Å²) in [6, 6.07) is 22.9. The summed E-state index contributed by atoms with van der Waals surface area (Å²) in [5.74, 6) is -0.218. The number of amides is 2. The molecular weight excluding hydrogens is 478 g/mol. The van der Waals surface area contributed by atoms with Crippen LogP contribution in [0.4, 0.5) is 5.69 Å². The van der Waals surface area contributed by atoms with Crippen LogP contribution in [-0.2, 0) is 4.79 Å². The zero-order valence-corrected chi connectivity index (χ0v) is 21.0. The van der Waals surface area contributed by atoms with Crippen LogP contribution in [-0.4, -0.2) is 34.4 Å². The molecule has 1 atom stereocenters. The van der Waals surface area contributed by atoms with Crippen LogP contribution in [0.15, 0.2) is 84.4 Å². The van der Waals surface area contributed by atoms with Crippen molar-refractivity contribution in [2.45, 2.75) is 25.8 Å². The Labute approximate surface area is 214 Å². The van der Waals surface area contributed by atoms with Gasteiger partial charge in [0.1, 0.15) is 12.6 Å². The van der Waals surface area contributed by atoms with Gasteiger partial charge in [0, 0.05) is 17.8 Å². The number of nitrogens with zero attached hydrogens (tertiary/aromatic N) is 3. The maximum absolute atomic E-state index is 14.1. The minimum absolute atomic E-state index is 0.00979. The molecule has 4 aromatic rings. The quantitative estimate of drug-likeness (QED) is 0.286. The summed E-state index contributed by atoms with van der Waals surface area (Å²) in [7, 11) is 0. The summed E-state index contributed by atoms with van der Waals surface area (Å²) in [5, 5.41) is 2.53. The van der Waals surface area contributed by atoms with E-state index >= 15 is 0 Å². The highest BCUT2D eigenvalue weighted by molar-refractivity contribution is 7.12. The molecule has 5 nitrogen and oxygen atoms in total. The third kappa shape index (κ3) is 4.51. The van der Waals surface area contributed by atoms with E-state index in [0.717, 1.165) is 35.5 Å². The Morgan fingerprint density at radius 2 is 1.74 bits per heavy atom. The lowest BCUT2D eigenvalue weighted by Gasteiger charge is -2.39. The Balaban J connectivity index is 1.56. The number of hydrogen-bond donors (Lipinski definition) is 0. The fraction of sp³-hybridized carbons (Fsp3) is 0.214. The van der Waals surface area contributed by atoms with E-state index in [0.29, 0.717) is 16.4 Å². The summed E-state index contributed by atoms with van der Waals surface area (Å²) in [5.41, 5.74) is 3.71. The molecular formula is C28H26ClN3O2S. The van der Waals surface area contributed by atoms with Crippen LogP contribution in [0.1, 0.15) is 46.7 Å². The number of carbonyl (C=O) groups is 2. The van der Waals surface area contributed by atoms with Crippen LogP contribution in [0.2, 0.25) is 5.02 Å². The van der Waals surface area contributed by atoms with Crippen LogP contribution < -0.4 is 4.90 Å². The van der Waals surface area contributed by atoms with Crippen molar-refractivity contribution in [2.75, 3.05) is 18.0 Å². The minimum Gasteiger partial charge on any atom is -0.329 e. The largest absolute Gasteiger partial charge is 0.329 e. The van der Waals surface area contributed by atoms with E-state index in [1.54, 1.807) is 4.90 Å². The molecule has 0 spiro atoms. The number of halogens is 1. The summed E-state index contributed by atoms with van der Waals surface area (Å²) >= 11 is 7.58. The first-order valence-electron chi connectivity index (χ1n) is 11.8. The van der Waals surface area contributed by atoms with Gasteiger partial charge in [-0.15, -0.1) is 11.3 Å². The third-order valence-corrected chi connectivity index (χ3v) is 7.41. The van der Waals surface area contributed by atoms with Gasteiger partial charge in [-0.2, -0.15) is 0 Å². The molecule has 0 fully saturated rings. The Morgan fingerprint density at radius 1 is 0.971 bits per heavy atom. The van der Waals surface area contributed by atoms with Gasteiger partial charge in [0.15, 0.2) is 0 Å². The smallest absolute Gasteiger partial charge is 0.264 e. The van der Waals surface area contributed by atoms with E-state index in [-0.39, 0.29) is 24.4 Å². The average Bonchev–Trinajstić information content (AvgIpc) is 3.58. The van der Waals surface area contributed by atoms with Gasteiger partial charge in [0.2, 0.25) is 5.91 Å². The molecule has 1 aliphatic rings. The van der Waals surface area contributed by atoms with Gasteiger partial charge in [0.25, 0.3) is 5.91 Å². The number of carbonyl (C=O) groups excluding carboxylic acids is 2. The van der Waals surface area contributed by atoms with Gasteiger partial charge < -0.3 is 9.47 Å². The van der Waals surface area contributed by atoms with Gasteiger partial charge in [0.05, 0.1) is 21.9 Å². The Bertz CT molecular complexity index is 1330. The van der Waals surface area contributed by atoms with E-state index in [4.69, 9.17) is 11.6 Å². The Hall–Kier alpha value is -3.35. The molecule has 0 saturated carbocycles.